The van der Waals surface area contributed by atoms with Gasteiger partial charge in [0.25, 0.3) is 11.6 Å². The first kappa shape index (κ1) is 24.6. The Morgan fingerprint density at radius 3 is 2.52 bits per heavy atom. The molecule has 1 aliphatic rings. The van der Waals surface area contributed by atoms with Crippen LogP contribution in [0.1, 0.15) is 36.5 Å². The molecule has 0 spiro atoms. The Bertz CT molecular complexity index is 1180. The molecule has 0 aromatic heterocycles. The number of esters is 1. The number of carbonyl (C=O) groups excluding carboxylic acids is 2. The third-order valence-corrected chi connectivity index (χ3v) is 7.46. The van der Waals surface area contributed by atoms with Crippen LogP contribution in [0.5, 0.6) is 0 Å². The summed E-state index contributed by atoms with van der Waals surface area (Å²) < 4.78 is 32.4. The molecule has 1 fully saturated rings. The van der Waals surface area contributed by atoms with Crippen LogP contribution in [0.2, 0.25) is 5.02 Å². The molecule has 0 bridgehead atoms. The quantitative estimate of drug-likeness (QED) is 0.352. The van der Waals surface area contributed by atoms with Crippen molar-refractivity contribution in [2.24, 2.45) is 0 Å². The van der Waals surface area contributed by atoms with Crippen molar-refractivity contribution in [2.75, 3.05) is 18.4 Å². The van der Waals surface area contributed by atoms with E-state index in [9.17, 15) is 28.1 Å². The van der Waals surface area contributed by atoms with E-state index < -0.39 is 32.9 Å². The Morgan fingerprint density at radius 1 is 1.15 bits per heavy atom. The molecule has 1 heterocycles. The van der Waals surface area contributed by atoms with Gasteiger partial charge in [-0.1, -0.05) is 24.1 Å². The van der Waals surface area contributed by atoms with Crippen LogP contribution < -0.4 is 5.32 Å². The zero-order chi connectivity index (χ0) is 24.2. The number of hydrogen-bond donors (Lipinski definition) is 1. The number of non-ortho nitro benzene ring substituents is 1. The second-order valence-electron chi connectivity index (χ2n) is 7.45. The number of piperidine rings is 1. The molecule has 10 nitrogen and oxygen atoms in total. The molecule has 0 unspecified atom stereocenters. The number of amides is 1. The molecule has 0 aliphatic carbocycles. The van der Waals surface area contributed by atoms with Crippen molar-refractivity contribution in [1.82, 2.24) is 4.31 Å². The summed E-state index contributed by atoms with van der Waals surface area (Å²) in [4.78, 5) is 35.0. The first-order valence-electron chi connectivity index (χ1n) is 10.2. The third kappa shape index (κ3) is 5.86. The first-order valence-corrected chi connectivity index (χ1v) is 12.0. The zero-order valence-electron chi connectivity index (χ0n) is 17.7. The average molecular weight is 496 g/mol. The molecule has 2 aromatic rings. The van der Waals surface area contributed by atoms with Gasteiger partial charge in [0.1, 0.15) is 4.90 Å². The van der Waals surface area contributed by atoms with Crippen LogP contribution in [0.25, 0.3) is 0 Å². The van der Waals surface area contributed by atoms with Crippen molar-refractivity contribution in [3.05, 3.63) is 63.2 Å². The van der Waals surface area contributed by atoms with Gasteiger partial charge in [0.15, 0.2) is 6.10 Å². The second kappa shape index (κ2) is 10.3. The van der Waals surface area contributed by atoms with Crippen LogP contribution in [0.15, 0.2) is 47.4 Å². The maximum absolute atomic E-state index is 13.0. The van der Waals surface area contributed by atoms with Gasteiger partial charge in [-0.2, -0.15) is 4.31 Å². The molecule has 1 aliphatic heterocycles. The largest absolute Gasteiger partial charge is 0.449 e. The number of nitro benzene ring substituents is 1. The monoisotopic (exact) mass is 495 g/mol. The molecule has 1 atom stereocenters. The maximum atomic E-state index is 13.0. The van der Waals surface area contributed by atoms with Gasteiger partial charge in [-0.3, -0.25) is 14.9 Å². The Morgan fingerprint density at radius 2 is 1.85 bits per heavy atom. The second-order valence-corrected chi connectivity index (χ2v) is 9.77. The van der Waals surface area contributed by atoms with Gasteiger partial charge in [0.05, 0.1) is 15.5 Å². The number of carbonyl (C=O) groups is 2. The number of benzene rings is 2. The first-order chi connectivity index (χ1) is 15.6. The number of hydrogen-bond acceptors (Lipinski definition) is 7. The fraction of sp³-hybridized carbons (Fsp3) is 0.333. The van der Waals surface area contributed by atoms with E-state index in [4.69, 9.17) is 16.3 Å². The van der Waals surface area contributed by atoms with Crippen molar-refractivity contribution >= 4 is 44.9 Å². The highest BCUT2D eigenvalue weighted by atomic mass is 35.5. The Kier molecular flexibility index (Phi) is 7.67. The van der Waals surface area contributed by atoms with Crippen LogP contribution in [0.4, 0.5) is 11.4 Å². The maximum Gasteiger partial charge on any atom is 0.338 e. The van der Waals surface area contributed by atoms with Gasteiger partial charge < -0.3 is 10.1 Å². The third-order valence-electron chi connectivity index (χ3n) is 5.08. The van der Waals surface area contributed by atoms with E-state index >= 15 is 0 Å². The van der Waals surface area contributed by atoms with Gasteiger partial charge in [0.2, 0.25) is 10.0 Å². The van der Waals surface area contributed by atoms with Gasteiger partial charge >= 0.3 is 5.97 Å². The van der Waals surface area contributed by atoms with Crippen molar-refractivity contribution in [3.63, 3.8) is 0 Å². The summed E-state index contributed by atoms with van der Waals surface area (Å²) in [6, 6.07) is 9.05. The number of rotatable bonds is 7. The van der Waals surface area contributed by atoms with E-state index in [0.29, 0.717) is 13.1 Å². The molecule has 3 rings (SSSR count). The van der Waals surface area contributed by atoms with E-state index in [1.165, 1.54) is 47.6 Å². The standard InChI is InChI=1S/C21H22ClN3O7S/c1-14(20(26)23-16-6-5-7-17(13-16)25(28)29)32-21(27)15-8-9-18(22)19(12-15)33(30,31)24-10-3-2-4-11-24/h5-9,12-14H,2-4,10-11H2,1H3,(H,23,26)/t14-/m0/s1. The van der Waals surface area contributed by atoms with Crippen molar-refractivity contribution in [3.8, 4) is 0 Å². The molecule has 1 saturated heterocycles. The lowest BCUT2D eigenvalue weighted by Gasteiger charge is -2.26. The number of halogens is 1. The van der Waals surface area contributed by atoms with Crippen molar-refractivity contribution in [1.29, 1.82) is 0 Å². The van der Waals surface area contributed by atoms with Crippen LogP contribution in [0.3, 0.4) is 0 Å². The minimum absolute atomic E-state index is 0.0198. The smallest absolute Gasteiger partial charge is 0.338 e. The molecule has 1 amide bonds. The SMILES string of the molecule is C[C@H](OC(=O)c1ccc(Cl)c(S(=O)(=O)N2CCCCC2)c1)C(=O)Nc1cccc([N+](=O)[O-])c1. The summed E-state index contributed by atoms with van der Waals surface area (Å²) in [5, 5.41) is 13.3. The van der Waals surface area contributed by atoms with Crippen molar-refractivity contribution < 1.29 is 27.7 Å². The summed E-state index contributed by atoms with van der Waals surface area (Å²) in [6.07, 6.45) is 1.18. The van der Waals surface area contributed by atoms with E-state index in [2.05, 4.69) is 5.32 Å². The van der Waals surface area contributed by atoms with Crippen LogP contribution in [0, 0.1) is 10.1 Å². The van der Waals surface area contributed by atoms with Gasteiger partial charge in [-0.05, 0) is 44.0 Å². The Balaban J connectivity index is 1.72. The number of nitrogens with one attached hydrogen (secondary N) is 1. The number of sulfonamides is 1. The molecule has 33 heavy (non-hydrogen) atoms. The van der Waals surface area contributed by atoms with Gasteiger partial charge in [0, 0.05) is 30.9 Å². The summed E-state index contributed by atoms with van der Waals surface area (Å²) in [5.41, 5.74) is -0.121. The zero-order valence-corrected chi connectivity index (χ0v) is 19.3. The highest BCUT2D eigenvalue weighted by Gasteiger charge is 2.29. The van der Waals surface area contributed by atoms with Crippen LogP contribution >= 0.6 is 11.6 Å². The summed E-state index contributed by atoms with van der Waals surface area (Å²) >= 11 is 6.12. The summed E-state index contributed by atoms with van der Waals surface area (Å²) in [5.74, 6) is -1.62. The van der Waals surface area contributed by atoms with Crippen LogP contribution in [-0.4, -0.2) is 48.7 Å². The molecular formula is C21H22ClN3O7S. The lowest BCUT2D eigenvalue weighted by molar-refractivity contribution is -0.384. The Labute approximate surface area is 195 Å². The predicted molar refractivity (Wildman–Crippen MR) is 121 cm³/mol. The molecule has 0 radical (unpaired) electrons. The molecular weight excluding hydrogens is 474 g/mol. The fourth-order valence-corrected chi connectivity index (χ4v) is 5.31. The molecule has 1 N–H and O–H groups in total. The van der Waals surface area contributed by atoms with Gasteiger partial charge in [-0.15, -0.1) is 0 Å². The predicted octanol–water partition coefficient (Wildman–Crippen LogP) is 3.61. The van der Waals surface area contributed by atoms with E-state index in [-0.39, 0.29) is 26.9 Å². The molecule has 0 saturated carbocycles. The van der Waals surface area contributed by atoms with Gasteiger partial charge in [-0.25, -0.2) is 13.2 Å². The average Bonchev–Trinajstić information content (AvgIpc) is 2.79. The van der Waals surface area contributed by atoms with Crippen molar-refractivity contribution in [2.45, 2.75) is 37.2 Å². The number of nitrogens with zero attached hydrogens (tertiary/aromatic N) is 2. The summed E-state index contributed by atoms with van der Waals surface area (Å²) in [6.45, 7) is 2.08. The van der Waals surface area contributed by atoms with E-state index in [1.807, 2.05) is 0 Å². The highest BCUT2D eigenvalue weighted by Crippen LogP contribution is 2.28. The topological polar surface area (TPSA) is 136 Å². The highest BCUT2D eigenvalue weighted by molar-refractivity contribution is 7.89. The number of anilines is 1. The normalized spacial score (nSPS) is 15.5. The molecule has 2 aromatic carbocycles. The fourth-order valence-electron chi connectivity index (χ4n) is 3.30. The van der Waals surface area contributed by atoms with Crippen LogP contribution in [-0.2, 0) is 19.6 Å². The number of ether oxygens (including phenoxy) is 1. The van der Waals surface area contributed by atoms with E-state index in [0.717, 1.165) is 25.3 Å². The minimum atomic E-state index is -3.89. The lowest BCUT2D eigenvalue weighted by Crippen LogP contribution is -2.36. The number of nitro groups is 1. The lowest BCUT2D eigenvalue weighted by atomic mass is 10.2. The minimum Gasteiger partial charge on any atom is -0.449 e. The van der Waals surface area contributed by atoms with E-state index in [1.54, 1.807) is 0 Å². The summed E-state index contributed by atoms with van der Waals surface area (Å²) in [7, 11) is -3.89. The molecule has 12 heteroatoms. The molecule has 176 valence electrons. The Hall–Kier alpha value is -3.02.